The number of ether oxygens (including phenoxy) is 1. The topological polar surface area (TPSA) is 71.7 Å². The quantitative estimate of drug-likeness (QED) is 0.816. The van der Waals surface area contributed by atoms with Gasteiger partial charge in [-0.15, -0.1) is 11.3 Å². The molecule has 0 saturated carbocycles. The summed E-state index contributed by atoms with van der Waals surface area (Å²) in [4.78, 5) is 21.6. The minimum absolute atomic E-state index is 0.0799. The number of carbonyl (C=O) groups is 1. The molecule has 0 bridgehead atoms. The molecule has 0 radical (unpaired) electrons. The van der Waals surface area contributed by atoms with Crippen molar-refractivity contribution < 1.29 is 14.1 Å². The Morgan fingerprint density at radius 3 is 2.65 bits per heavy atom. The molecule has 1 amide bonds. The van der Waals surface area contributed by atoms with Crippen molar-refractivity contribution in [3.05, 3.63) is 27.9 Å². The molecule has 2 atom stereocenters. The number of hydrogen-bond acceptors (Lipinski definition) is 7. The van der Waals surface area contributed by atoms with E-state index < -0.39 is 0 Å². The lowest BCUT2D eigenvalue weighted by atomic mass is 9.92. The molecular formula is C18H24N4O3S. The molecule has 0 aromatic carbocycles. The lowest BCUT2D eigenvalue weighted by molar-refractivity contribution is 0.0738. The molecule has 2 fully saturated rings. The van der Waals surface area contributed by atoms with Crippen LogP contribution in [0.1, 0.15) is 34.1 Å². The molecule has 0 spiro atoms. The predicted octanol–water partition coefficient (Wildman–Crippen LogP) is 2.43. The van der Waals surface area contributed by atoms with E-state index in [1.807, 2.05) is 4.90 Å². The number of amides is 1. The summed E-state index contributed by atoms with van der Waals surface area (Å²) in [6.07, 6.45) is 2.24. The fourth-order valence-electron chi connectivity index (χ4n) is 4.05. The molecule has 0 unspecified atom stereocenters. The van der Waals surface area contributed by atoms with Crippen LogP contribution in [0, 0.1) is 18.8 Å². The van der Waals surface area contributed by atoms with Gasteiger partial charge in [-0.3, -0.25) is 9.69 Å². The number of methoxy groups -OCH3 is 1. The summed E-state index contributed by atoms with van der Waals surface area (Å²) in [5, 5.41) is 7.02. The third kappa shape index (κ3) is 3.61. The van der Waals surface area contributed by atoms with Gasteiger partial charge in [0.05, 0.1) is 23.9 Å². The number of aryl methyl sites for hydroxylation is 1. The van der Waals surface area contributed by atoms with Gasteiger partial charge in [0, 0.05) is 25.0 Å². The Balaban J connectivity index is 1.34. The first-order chi connectivity index (χ1) is 12.6. The van der Waals surface area contributed by atoms with Gasteiger partial charge < -0.3 is 14.2 Å². The fourth-order valence-corrected chi connectivity index (χ4v) is 4.65. The van der Waals surface area contributed by atoms with Crippen LogP contribution in [0.15, 0.2) is 16.0 Å². The van der Waals surface area contributed by atoms with E-state index >= 15 is 0 Å². The van der Waals surface area contributed by atoms with E-state index in [-0.39, 0.29) is 11.7 Å². The minimum atomic E-state index is -0.0799. The Hall–Kier alpha value is -1.93. The van der Waals surface area contributed by atoms with Gasteiger partial charge in [0.2, 0.25) is 5.76 Å². The second-order valence-corrected chi connectivity index (χ2v) is 8.24. The van der Waals surface area contributed by atoms with E-state index in [0.29, 0.717) is 17.7 Å². The van der Waals surface area contributed by atoms with Crippen LogP contribution in [-0.2, 0) is 6.54 Å². The Labute approximate surface area is 156 Å². The van der Waals surface area contributed by atoms with Crippen molar-refractivity contribution in [2.45, 2.75) is 26.3 Å². The van der Waals surface area contributed by atoms with E-state index in [1.165, 1.54) is 12.8 Å². The van der Waals surface area contributed by atoms with Crippen molar-refractivity contribution in [2.24, 2.45) is 11.8 Å². The third-order valence-corrected chi connectivity index (χ3v) is 6.28. The third-order valence-electron chi connectivity index (χ3n) is 5.46. The van der Waals surface area contributed by atoms with Gasteiger partial charge in [-0.25, -0.2) is 4.98 Å². The highest BCUT2D eigenvalue weighted by Crippen LogP contribution is 2.33. The first-order valence-electron chi connectivity index (χ1n) is 9.05. The molecule has 2 aromatic heterocycles. The molecule has 4 rings (SSSR count). The molecule has 2 aliphatic rings. The summed E-state index contributed by atoms with van der Waals surface area (Å²) in [6.45, 7) is 6.72. The standard InChI is InChI=1S/C18H24N4O3S/c1-12-19-15(11-26-12)10-21-5-3-13-8-22(9-14(13)4-6-21)18(23)16-7-17(24-2)20-25-16/h7,11,13-14H,3-6,8-10H2,1-2H3/t13-,14+. The Morgan fingerprint density at radius 1 is 1.35 bits per heavy atom. The van der Waals surface area contributed by atoms with Gasteiger partial charge in [-0.05, 0) is 49.8 Å². The average molecular weight is 376 g/mol. The van der Waals surface area contributed by atoms with Gasteiger partial charge >= 0.3 is 0 Å². The first-order valence-corrected chi connectivity index (χ1v) is 9.93. The number of likely N-dealkylation sites (tertiary alicyclic amines) is 2. The highest BCUT2D eigenvalue weighted by atomic mass is 32.1. The molecule has 140 valence electrons. The maximum Gasteiger partial charge on any atom is 0.292 e. The minimum Gasteiger partial charge on any atom is -0.479 e. The zero-order valence-corrected chi connectivity index (χ0v) is 16.0. The normalized spacial score (nSPS) is 23.7. The van der Waals surface area contributed by atoms with Crippen LogP contribution in [0.2, 0.25) is 0 Å². The summed E-state index contributed by atoms with van der Waals surface area (Å²) < 4.78 is 10.1. The molecule has 0 aliphatic carbocycles. The van der Waals surface area contributed by atoms with Crippen LogP contribution in [0.3, 0.4) is 0 Å². The fraction of sp³-hybridized carbons (Fsp3) is 0.611. The summed E-state index contributed by atoms with van der Waals surface area (Å²) in [7, 11) is 1.51. The number of nitrogens with zero attached hydrogens (tertiary/aromatic N) is 4. The number of aromatic nitrogens is 2. The maximum absolute atomic E-state index is 12.6. The molecule has 2 aliphatic heterocycles. The van der Waals surface area contributed by atoms with Crippen molar-refractivity contribution in [3.8, 4) is 5.88 Å². The van der Waals surface area contributed by atoms with Crippen LogP contribution in [0.25, 0.3) is 0 Å². The summed E-state index contributed by atoms with van der Waals surface area (Å²) in [5.74, 6) is 1.65. The highest BCUT2D eigenvalue weighted by molar-refractivity contribution is 7.09. The smallest absolute Gasteiger partial charge is 0.292 e. The average Bonchev–Trinajstić information content (AvgIpc) is 3.34. The van der Waals surface area contributed by atoms with E-state index in [4.69, 9.17) is 9.26 Å². The van der Waals surface area contributed by atoms with E-state index in [1.54, 1.807) is 17.4 Å². The zero-order chi connectivity index (χ0) is 18.1. The van der Waals surface area contributed by atoms with Gasteiger partial charge in [0.25, 0.3) is 11.8 Å². The summed E-state index contributed by atoms with van der Waals surface area (Å²) >= 11 is 1.71. The van der Waals surface area contributed by atoms with Crippen LogP contribution in [0.4, 0.5) is 0 Å². The molecule has 4 heterocycles. The van der Waals surface area contributed by atoms with Crippen molar-refractivity contribution in [1.82, 2.24) is 19.9 Å². The van der Waals surface area contributed by atoms with E-state index in [2.05, 4.69) is 27.3 Å². The van der Waals surface area contributed by atoms with Crippen molar-refractivity contribution >= 4 is 17.2 Å². The van der Waals surface area contributed by atoms with Gasteiger partial charge in [-0.2, -0.15) is 0 Å². The number of hydrogen-bond donors (Lipinski definition) is 0. The lowest BCUT2D eigenvalue weighted by Crippen LogP contribution is -2.30. The molecule has 8 heteroatoms. The van der Waals surface area contributed by atoms with Crippen LogP contribution >= 0.6 is 11.3 Å². The van der Waals surface area contributed by atoms with E-state index in [9.17, 15) is 4.79 Å². The predicted molar refractivity (Wildman–Crippen MR) is 97.3 cm³/mol. The lowest BCUT2D eigenvalue weighted by Gasteiger charge is -2.20. The summed E-state index contributed by atoms with van der Waals surface area (Å²) in [6, 6.07) is 1.56. The van der Waals surface area contributed by atoms with E-state index in [0.717, 1.165) is 50.6 Å². The van der Waals surface area contributed by atoms with Gasteiger partial charge in [0.1, 0.15) is 0 Å². The largest absolute Gasteiger partial charge is 0.479 e. The highest BCUT2D eigenvalue weighted by Gasteiger charge is 2.38. The van der Waals surface area contributed by atoms with Crippen LogP contribution in [0.5, 0.6) is 5.88 Å². The summed E-state index contributed by atoms with van der Waals surface area (Å²) in [5.41, 5.74) is 1.18. The maximum atomic E-state index is 12.6. The van der Waals surface area contributed by atoms with Crippen LogP contribution < -0.4 is 4.74 Å². The second kappa shape index (κ2) is 7.36. The number of carbonyl (C=O) groups excluding carboxylic acids is 1. The van der Waals surface area contributed by atoms with Crippen molar-refractivity contribution in [1.29, 1.82) is 0 Å². The molecule has 2 aromatic rings. The molecule has 7 nitrogen and oxygen atoms in total. The van der Waals surface area contributed by atoms with Crippen molar-refractivity contribution in [2.75, 3.05) is 33.3 Å². The molecule has 2 saturated heterocycles. The molecule has 0 N–H and O–H groups in total. The zero-order valence-electron chi connectivity index (χ0n) is 15.2. The Morgan fingerprint density at radius 2 is 2.08 bits per heavy atom. The number of rotatable bonds is 4. The molecule has 26 heavy (non-hydrogen) atoms. The van der Waals surface area contributed by atoms with Crippen LogP contribution in [-0.4, -0.2) is 59.1 Å². The van der Waals surface area contributed by atoms with Gasteiger partial charge in [0.15, 0.2) is 0 Å². The molecular weight excluding hydrogens is 352 g/mol. The number of thiazole rings is 1. The van der Waals surface area contributed by atoms with Crippen molar-refractivity contribution in [3.63, 3.8) is 0 Å². The Kier molecular flexibility index (Phi) is 4.95. The monoisotopic (exact) mass is 376 g/mol. The Bertz CT molecular complexity index is 758. The second-order valence-electron chi connectivity index (χ2n) is 7.18. The SMILES string of the molecule is COc1cc(C(=O)N2C[C@H]3CCN(Cc4csc(C)n4)CC[C@H]3C2)on1. The first kappa shape index (κ1) is 17.5. The van der Waals surface area contributed by atoms with Gasteiger partial charge in [-0.1, -0.05) is 0 Å². The number of fused-ring (bicyclic) bond motifs is 1.